The summed E-state index contributed by atoms with van der Waals surface area (Å²) >= 11 is 0. The Kier molecular flexibility index (Phi) is 5.74. The molecule has 2 aliphatic rings. The number of hydrogen-bond acceptors (Lipinski definition) is 6. The normalized spacial score (nSPS) is 19.0. The van der Waals surface area contributed by atoms with Crippen LogP contribution < -0.4 is 10.6 Å². The molecule has 0 aliphatic carbocycles. The molecule has 1 amide bonds. The van der Waals surface area contributed by atoms with Gasteiger partial charge in [-0.15, -0.1) is 0 Å². The summed E-state index contributed by atoms with van der Waals surface area (Å²) in [4.78, 5) is 26.7. The molecule has 0 radical (unpaired) electrons. The molecule has 0 aromatic carbocycles. The van der Waals surface area contributed by atoms with E-state index in [2.05, 4.69) is 15.0 Å². The van der Waals surface area contributed by atoms with Gasteiger partial charge in [-0.25, -0.2) is 23.7 Å². The summed E-state index contributed by atoms with van der Waals surface area (Å²) in [6.07, 6.45) is -3.63. The Balaban J connectivity index is 1.58. The largest absolute Gasteiger partial charge is 0.451 e. The fraction of sp³-hybridized carbons (Fsp3) is 0.500. The summed E-state index contributed by atoms with van der Waals surface area (Å²) in [7, 11) is 0. The molecule has 2 aromatic rings. The van der Waals surface area contributed by atoms with Crippen molar-refractivity contribution in [2.75, 3.05) is 24.5 Å². The number of carbonyl (C=O) groups is 1. The number of hydrogen-bond donors (Lipinski definition) is 1. The highest BCUT2D eigenvalue weighted by Crippen LogP contribution is 2.35. The van der Waals surface area contributed by atoms with Crippen LogP contribution in [0.25, 0.3) is 0 Å². The molecule has 4 rings (SSSR count). The van der Waals surface area contributed by atoms with Crippen molar-refractivity contribution in [3.05, 3.63) is 46.8 Å². The first-order valence-electron chi connectivity index (χ1n) is 10.1. The number of nitrogens with two attached hydrogens (primary N) is 1. The zero-order chi connectivity index (χ0) is 23.1. The average molecular weight is 456 g/mol. The maximum Gasteiger partial charge on any atom is 0.451 e. The number of fused-ring (bicyclic) bond motifs is 1. The summed E-state index contributed by atoms with van der Waals surface area (Å²) in [5.41, 5.74) is 7.73. The molecule has 2 aromatic heterocycles. The maximum atomic E-state index is 13.6. The number of piperidine rings is 1. The van der Waals surface area contributed by atoms with Gasteiger partial charge in [0.25, 0.3) is 11.8 Å². The second-order valence-electron chi connectivity index (χ2n) is 7.99. The van der Waals surface area contributed by atoms with Crippen LogP contribution in [-0.4, -0.2) is 51.3 Å². The van der Waals surface area contributed by atoms with Gasteiger partial charge in [0.1, 0.15) is 5.69 Å². The van der Waals surface area contributed by atoms with Crippen molar-refractivity contribution >= 4 is 11.6 Å². The second kappa shape index (κ2) is 8.23. The van der Waals surface area contributed by atoms with Gasteiger partial charge in [0.2, 0.25) is 5.82 Å². The van der Waals surface area contributed by atoms with E-state index >= 15 is 0 Å². The van der Waals surface area contributed by atoms with Crippen LogP contribution in [0, 0.1) is 0 Å². The van der Waals surface area contributed by atoms with Crippen LogP contribution in [0.3, 0.4) is 0 Å². The third-order valence-electron chi connectivity index (χ3n) is 5.68. The Morgan fingerprint density at radius 3 is 2.53 bits per heavy atom. The number of primary amides is 1. The Bertz CT molecular complexity index is 1020. The molecule has 12 heteroatoms. The fourth-order valence-electron chi connectivity index (χ4n) is 4.04. The highest BCUT2D eigenvalue weighted by Gasteiger charge is 2.36. The third-order valence-corrected chi connectivity index (χ3v) is 5.68. The number of halogens is 5. The molecule has 0 bridgehead atoms. The zero-order valence-corrected chi connectivity index (χ0v) is 17.0. The molecule has 0 unspecified atom stereocenters. The summed E-state index contributed by atoms with van der Waals surface area (Å²) < 4.78 is 65.9. The Labute approximate surface area is 180 Å². The van der Waals surface area contributed by atoms with Gasteiger partial charge in [0.15, 0.2) is 0 Å². The minimum absolute atomic E-state index is 0.0272. The molecule has 0 atom stereocenters. The zero-order valence-electron chi connectivity index (χ0n) is 17.0. The smallest absolute Gasteiger partial charge is 0.371 e. The molecule has 0 saturated carbocycles. The minimum Gasteiger partial charge on any atom is -0.371 e. The van der Waals surface area contributed by atoms with Crippen LogP contribution in [0.15, 0.2) is 18.3 Å². The van der Waals surface area contributed by atoms with E-state index in [0.717, 1.165) is 11.8 Å². The molecular weight excluding hydrogens is 435 g/mol. The van der Waals surface area contributed by atoms with Crippen molar-refractivity contribution in [1.82, 2.24) is 19.9 Å². The number of nitrogens with zero attached hydrogens (tertiary/aromatic N) is 5. The number of rotatable bonds is 4. The van der Waals surface area contributed by atoms with Crippen molar-refractivity contribution in [2.45, 2.75) is 44.5 Å². The standard InChI is InChI=1S/C20H21F5N6O/c21-19(22)3-7-31(8-4-19)16-9-14(17(26)32)29-15-11-30(6-2-13(15)16)10-12-1-5-27-18(28-12)20(23,24)25/h1,5,9H,2-4,6-8,10-11H2,(H2,26,32). The maximum absolute atomic E-state index is 13.6. The van der Waals surface area contributed by atoms with E-state index in [-0.39, 0.29) is 50.4 Å². The highest BCUT2D eigenvalue weighted by atomic mass is 19.4. The van der Waals surface area contributed by atoms with Gasteiger partial charge in [0.05, 0.1) is 11.4 Å². The lowest BCUT2D eigenvalue weighted by Crippen LogP contribution is -2.41. The monoisotopic (exact) mass is 456 g/mol. The Hall–Kier alpha value is -2.89. The van der Waals surface area contributed by atoms with Crippen LogP contribution in [0.2, 0.25) is 0 Å². The van der Waals surface area contributed by atoms with Crippen molar-refractivity contribution in [2.24, 2.45) is 5.73 Å². The summed E-state index contributed by atoms with van der Waals surface area (Å²) in [6.45, 7) is 1.20. The molecule has 1 saturated heterocycles. The van der Waals surface area contributed by atoms with Gasteiger partial charge in [-0.1, -0.05) is 0 Å². The number of aromatic nitrogens is 3. The molecule has 4 heterocycles. The lowest BCUT2D eigenvalue weighted by atomic mass is 9.98. The molecule has 1 fully saturated rings. The molecule has 172 valence electrons. The second-order valence-corrected chi connectivity index (χ2v) is 7.99. The topological polar surface area (TPSA) is 88.2 Å². The lowest BCUT2D eigenvalue weighted by Gasteiger charge is -2.37. The first-order chi connectivity index (χ1) is 15.0. The van der Waals surface area contributed by atoms with Crippen LogP contribution >= 0.6 is 0 Å². The molecule has 0 spiro atoms. The van der Waals surface area contributed by atoms with Gasteiger partial charge in [-0.2, -0.15) is 13.2 Å². The van der Waals surface area contributed by atoms with Crippen molar-refractivity contribution in [3.63, 3.8) is 0 Å². The van der Waals surface area contributed by atoms with E-state index in [1.807, 2.05) is 9.80 Å². The van der Waals surface area contributed by atoms with Gasteiger partial charge in [-0.3, -0.25) is 9.69 Å². The highest BCUT2D eigenvalue weighted by molar-refractivity contribution is 5.92. The van der Waals surface area contributed by atoms with E-state index in [9.17, 15) is 26.7 Å². The predicted octanol–water partition coefficient (Wildman–Crippen LogP) is 2.78. The molecule has 2 aliphatic heterocycles. The lowest BCUT2D eigenvalue weighted by molar-refractivity contribution is -0.145. The van der Waals surface area contributed by atoms with Crippen molar-refractivity contribution < 1.29 is 26.7 Å². The van der Waals surface area contributed by atoms with Crippen LogP contribution in [0.4, 0.5) is 27.6 Å². The van der Waals surface area contributed by atoms with Crippen LogP contribution in [-0.2, 0) is 25.7 Å². The van der Waals surface area contributed by atoms with Gasteiger partial charge >= 0.3 is 6.18 Å². The molecule has 32 heavy (non-hydrogen) atoms. The number of anilines is 1. The van der Waals surface area contributed by atoms with E-state index in [1.54, 1.807) is 6.07 Å². The minimum atomic E-state index is -4.64. The molecule has 2 N–H and O–H groups in total. The summed E-state index contributed by atoms with van der Waals surface area (Å²) in [6, 6.07) is 2.96. The summed E-state index contributed by atoms with van der Waals surface area (Å²) in [5.74, 6) is -4.65. The van der Waals surface area contributed by atoms with E-state index < -0.39 is 23.8 Å². The first-order valence-corrected chi connectivity index (χ1v) is 10.1. The molecular formula is C20H21F5N6O. The Morgan fingerprint density at radius 2 is 1.88 bits per heavy atom. The fourth-order valence-corrected chi connectivity index (χ4v) is 4.04. The first kappa shape index (κ1) is 22.3. The van der Waals surface area contributed by atoms with E-state index in [0.29, 0.717) is 24.3 Å². The summed E-state index contributed by atoms with van der Waals surface area (Å²) in [5, 5.41) is 0. The Morgan fingerprint density at radius 1 is 1.16 bits per heavy atom. The third kappa shape index (κ3) is 4.79. The van der Waals surface area contributed by atoms with Gasteiger partial charge < -0.3 is 10.6 Å². The van der Waals surface area contributed by atoms with E-state index in [1.165, 1.54) is 6.07 Å². The quantitative estimate of drug-likeness (QED) is 0.712. The predicted molar refractivity (Wildman–Crippen MR) is 104 cm³/mol. The SMILES string of the molecule is NC(=O)c1cc(N2CCC(F)(F)CC2)c2c(n1)CN(Cc1ccnc(C(F)(F)F)n1)CC2. The van der Waals surface area contributed by atoms with E-state index in [4.69, 9.17) is 5.73 Å². The number of amides is 1. The van der Waals surface area contributed by atoms with Gasteiger partial charge in [0, 0.05) is 57.4 Å². The van der Waals surface area contributed by atoms with Crippen molar-refractivity contribution in [1.29, 1.82) is 0 Å². The number of alkyl halides is 5. The van der Waals surface area contributed by atoms with Crippen LogP contribution in [0.5, 0.6) is 0 Å². The van der Waals surface area contributed by atoms with Crippen LogP contribution in [0.1, 0.15) is 46.1 Å². The average Bonchev–Trinajstić information content (AvgIpc) is 2.72. The van der Waals surface area contributed by atoms with Gasteiger partial charge in [-0.05, 0) is 24.1 Å². The number of pyridine rings is 1. The number of carbonyl (C=O) groups excluding carboxylic acids is 1. The van der Waals surface area contributed by atoms with Crippen molar-refractivity contribution in [3.8, 4) is 0 Å². The molecule has 7 nitrogen and oxygen atoms in total.